The van der Waals surface area contributed by atoms with Gasteiger partial charge >= 0.3 is 11.9 Å². The number of carbonyl (C=O) groups excluding carboxylic acids is 4. The van der Waals surface area contributed by atoms with E-state index in [2.05, 4.69) is 8.93 Å². The Labute approximate surface area is 203 Å². The van der Waals surface area contributed by atoms with E-state index in [0.717, 1.165) is 0 Å². The number of hydrogen-bond donors (Lipinski definition) is 0. The second-order valence-corrected chi connectivity index (χ2v) is 16.0. The van der Waals surface area contributed by atoms with Gasteiger partial charge in [-0.15, -0.1) is 8.93 Å². The molecule has 0 saturated carbocycles. The maximum atomic E-state index is 12.1. The molecule has 0 fully saturated rings. The van der Waals surface area contributed by atoms with E-state index in [4.69, 9.17) is 40.7 Å². The fourth-order valence-corrected chi connectivity index (χ4v) is 5.12. The molecule has 161 valence electrons. The molecule has 14 heteroatoms. The molecule has 2 rings (SSSR count). The van der Waals surface area contributed by atoms with Gasteiger partial charge in [-0.05, 0) is 29.9 Å². The van der Waals surface area contributed by atoms with Gasteiger partial charge in [0.25, 0.3) is 0 Å². The average molecular weight is 537 g/mol. The van der Waals surface area contributed by atoms with Gasteiger partial charge in [0.1, 0.15) is 20.8 Å². The van der Waals surface area contributed by atoms with Crippen molar-refractivity contribution in [2.75, 3.05) is 13.2 Å². The Morgan fingerprint density at radius 1 is 0.906 bits per heavy atom. The van der Waals surface area contributed by atoms with Gasteiger partial charge in [-0.1, -0.05) is 63.6 Å². The zero-order valence-electron chi connectivity index (χ0n) is 16.4. The largest absolute Gasteiger partial charge is 0.458 e. The van der Waals surface area contributed by atoms with Crippen molar-refractivity contribution in [3.05, 3.63) is 70.8 Å². The standard InChI is InChI=1S/C18H15B2O6P4S2/c19-30(27,32)18(24)14-7-3-12(4-8-14)16(22)26-10-9-25-15(21)11-1-5-13(6-2-11)17(23)28-20-29-31/h1-8,28H,9-10,27H2. The van der Waals surface area contributed by atoms with Gasteiger partial charge in [0, 0.05) is 11.1 Å². The normalized spacial score (nSPS) is 12.8. The van der Waals surface area contributed by atoms with Crippen molar-refractivity contribution < 1.29 is 28.7 Å². The van der Waals surface area contributed by atoms with Crippen LogP contribution < -0.4 is 0 Å². The Morgan fingerprint density at radius 3 is 1.72 bits per heavy atom. The summed E-state index contributed by atoms with van der Waals surface area (Å²) in [5.41, 5.74) is -1.76. The molecule has 32 heavy (non-hydrogen) atoms. The van der Waals surface area contributed by atoms with E-state index in [9.17, 15) is 19.2 Å². The molecule has 0 saturated heterocycles. The van der Waals surface area contributed by atoms with Crippen molar-refractivity contribution in [2.45, 2.75) is 0 Å². The first kappa shape index (κ1) is 27.1. The van der Waals surface area contributed by atoms with E-state index >= 15 is 0 Å². The van der Waals surface area contributed by atoms with Crippen molar-refractivity contribution in [3.8, 4) is 0 Å². The fourth-order valence-electron chi connectivity index (χ4n) is 2.31. The number of hydrogen-bond acceptors (Lipinski definition) is 8. The SMILES string of the molecule is [B]P(P)(=S)C(=O)c1ccc(C(=O)OCCOC(=O)c2ccc(C(=O)P[B]P=S)cc2)cc1. The summed E-state index contributed by atoms with van der Waals surface area (Å²) >= 11 is 9.74. The first-order chi connectivity index (χ1) is 15.1. The third-order valence-corrected chi connectivity index (χ3v) is 8.40. The summed E-state index contributed by atoms with van der Waals surface area (Å²) in [6, 6.07) is 11.9. The number of benzene rings is 2. The monoisotopic (exact) mass is 537 g/mol. The molecule has 0 aromatic heterocycles. The molecule has 0 bridgehead atoms. The summed E-state index contributed by atoms with van der Waals surface area (Å²) < 4.78 is 10.1. The highest BCUT2D eigenvalue weighted by molar-refractivity contribution is 8.59. The molecule has 3 radical (unpaired) electrons. The van der Waals surface area contributed by atoms with E-state index < -0.39 is 17.5 Å². The van der Waals surface area contributed by atoms with Gasteiger partial charge in [0.2, 0.25) is 6.72 Å². The highest BCUT2D eigenvalue weighted by Crippen LogP contribution is 2.52. The molecular weight excluding hydrogens is 522 g/mol. The minimum Gasteiger partial charge on any atom is -0.458 e. The van der Waals surface area contributed by atoms with Gasteiger partial charge in [0.05, 0.1) is 11.1 Å². The summed E-state index contributed by atoms with van der Waals surface area (Å²) in [4.78, 5) is 48.1. The zero-order valence-corrected chi connectivity index (χ0v) is 22.0. The van der Waals surface area contributed by atoms with Crippen LogP contribution in [-0.2, 0) is 33.1 Å². The lowest BCUT2D eigenvalue weighted by Crippen LogP contribution is -2.14. The van der Waals surface area contributed by atoms with Crippen LogP contribution in [0.3, 0.4) is 0 Å². The molecule has 3 atom stereocenters. The third kappa shape index (κ3) is 8.34. The number of esters is 2. The van der Waals surface area contributed by atoms with Crippen LogP contribution in [0.15, 0.2) is 48.5 Å². The van der Waals surface area contributed by atoms with Gasteiger partial charge in [0.15, 0.2) is 11.0 Å². The lowest BCUT2D eigenvalue weighted by atomic mass is 10.1. The zero-order chi connectivity index (χ0) is 23.7. The first-order valence-electron chi connectivity index (χ1n) is 8.85. The second kappa shape index (κ2) is 12.9. The Hall–Kier alpha value is -1.12. The molecule has 0 aliphatic carbocycles. The number of carbonyl (C=O) groups is 4. The maximum absolute atomic E-state index is 12.1. The summed E-state index contributed by atoms with van der Waals surface area (Å²) in [5, 5.41) is 0. The first-order valence-corrected chi connectivity index (χ1v) is 16.4. The molecule has 0 heterocycles. The van der Waals surface area contributed by atoms with Crippen LogP contribution in [0.4, 0.5) is 0 Å². The van der Waals surface area contributed by atoms with Crippen molar-refractivity contribution in [1.29, 1.82) is 0 Å². The van der Waals surface area contributed by atoms with Crippen LogP contribution in [0.1, 0.15) is 41.4 Å². The van der Waals surface area contributed by atoms with E-state index in [-0.39, 0.29) is 43.8 Å². The molecule has 6 nitrogen and oxygen atoms in total. The van der Waals surface area contributed by atoms with E-state index in [1.165, 1.54) is 36.4 Å². The van der Waals surface area contributed by atoms with Crippen molar-refractivity contribution in [2.24, 2.45) is 0 Å². The summed E-state index contributed by atoms with van der Waals surface area (Å²) in [6.07, 6.45) is 0. The highest BCUT2D eigenvalue weighted by atomic mass is 32.6. The molecule has 0 aliphatic rings. The van der Waals surface area contributed by atoms with Gasteiger partial charge in [-0.2, -0.15) is 0 Å². The Morgan fingerprint density at radius 2 is 1.31 bits per heavy atom. The molecule has 0 spiro atoms. The minimum atomic E-state index is -2.66. The number of ether oxygens (including phenoxy) is 2. The predicted molar refractivity (Wildman–Crippen MR) is 140 cm³/mol. The quantitative estimate of drug-likeness (QED) is 0.185. The van der Waals surface area contributed by atoms with Crippen LogP contribution in [0, 0.1) is 0 Å². The Balaban J connectivity index is 1.80. The van der Waals surface area contributed by atoms with Crippen molar-refractivity contribution in [1.82, 2.24) is 0 Å². The molecule has 3 unspecified atom stereocenters. The van der Waals surface area contributed by atoms with Crippen LogP contribution in [0.5, 0.6) is 0 Å². The van der Waals surface area contributed by atoms with E-state index in [0.29, 0.717) is 18.4 Å². The van der Waals surface area contributed by atoms with Gasteiger partial charge in [-0.3, -0.25) is 9.59 Å². The van der Waals surface area contributed by atoms with E-state index in [1.54, 1.807) is 18.9 Å². The van der Waals surface area contributed by atoms with Crippen molar-refractivity contribution in [3.63, 3.8) is 0 Å². The van der Waals surface area contributed by atoms with E-state index in [1.807, 2.05) is 0 Å². The van der Waals surface area contributed by atoms with Crippen molar-refractivity contribution >= 4 is 91.1 Å². The molecule has 0 aliphatic heterocycles. The molecule has 2 aromatic carbocycles. The van der Waals surface area contributed by atoms with Crippen LogP contribution in [0.25, 0.3) is 0 Å². The lowest BCUT2D eigenvalue weighted by molar-refractivity contribution is 0.0265. The number of rotatable bonds is 11. The van der Waals surface area contributed by atoms with Crippen LogP contribution in [-0.4, -0.2) is 50.5 Å². The summed E-state index contributed by atoms with van der Waals surface area (Å²) in [6.45, 7) is 1.42. The molecule has 0 N–H and O–H groups in total. The maximum Gasteiger partial charge on any atom is 0.338 e. The summed E-state index contributed by atoms with van der Waals surface area (Å²) in [7, 11) is 8.49. The topological polar surface area (TPSA) is 86.7 Å². The second-order valence-electron chi connectivity index (χ2n) is 6.15. The third-order valence-electron chi connectivity index (χ3n) is 3.87. The predicted octanol–water partition coefficient (Wildman–Crippen LogP) is 3.95. The average Bonchev–Trinajstić information content (AvgIpc) is 2.79. The highest BCUT2D eigenvalue weighted by Gasteiger charge is 2.17. The molecule has 0 amide bonds. The van der Waals surface area contributed by atoms with Gasteiger partial charge in [-0.25, -0.2) is 9.59 Å². The van der Waals surface area contributed by atoms with Crippen LogP contribution in [0.2, 0.25) is 0 Å². The Bertz CT molecular complexity index is 1070. The molecule has 2 aromatic rings. The Kier molecular flexibility index (Phi) is 11.0. The van der Waals surface area contributed by atoms with Crippen LogP contribution >= 0.6 is 30.2 Å². The molecular formula is C18H15B2O6P4S2. The lowest BCUT2D eigenvalue weighted by Gasteiger charge is -2.10. The fraction of sp³-hybridized carbons (Fsp3) is 0.111. The summed E-state index contributed by atoms with van der Waals surface area (Å²) in [5.74, 6) is -1.23. The van der Waals surface area contributed by atoms with Gasteiger partial charge < -0.3 is 9.47 Å². The minimum absolute atomic E-state index is 0.0161. The smallest absolute Gasteiger partial charge is 0.338 e.